The lowest BCUT2D eigenvalue weighted by Crippen LogP contribution is -2.58. The Kier molecular flexibility index (Phi) is 8.05. The third-order valence-electron chi connectivity index (χ3n) is 7.93. The van der Waals surface area contributed by atoms with Gasteiger partial charge in [0.05, 0.1) is 0 Å². The Hall–Kier alpha value is -3.68. The summed E-state index contributed by atoms with van der Waals surface area (Å²) in [5, 5.41) is 6.07. The zero-order valence-electron chi connectivity index (χ0n) is 21.7. The Morgan fingerprint density at radius 2 is 1.26 bits per heavy atom. The first-order valence-corrected chi connectivity index (χ1v) is 13.8. The number of piperidine rings is 1. The van der Waals surface area contributed by atoms with E-state index in [2.05, 4.69) is 10.6 Å². The van der Waals surface area contributed by atoms with Crippen molar-refractivity contribution >= 4 is 23.6 Å². The molecule has 200 valence electrons. The molecule has 3 aliphatic rings. The van der Waals surface area contributed by atoms with Crippen LogP contribution in [0.1, 0.15) is 49.7 Å². The van der Waals surface area contributed by atoms with Gasteiger partial charge in [-0.25, -0.2) is 0 Å². The van der Waals surface area contributed by atoms with Gasteiger partial charge in [0, 0.05) is 32.0 Å². The molecule has 3 saturated heterocycles. The molecule has 0 spiro atoms. The van der Waals surface area contributed by atoms with Crippen LogP contribution in [-0.4, -0.2) is 70.7 Å². The summed E-state index contributed by atoms with van der Waals surface area (Å²) in [7, 11) is 0. The molecular formula is C30H36N4O4. The van der Waals surface area contributed by atoms with Crippen LogP contribution in [0.3, 0.4) is 0 Å². The number of carbonyl (C=O) groups excluding carboxylic acids is 4. The summed E-state index contributed by atoms with van der Waals surface area (Å²) >= 11 is 0. The summed E-state index contributed by atoms with van der Waals surface area (Å²) in [4.78, 5) is 57.9. The molecule has 0 aromatic heterocycles. The molecule has 0 aliphatic carbocycles. The highest BCUT2D eigenvalue weighted by molar-refractivity contribution is 5.95. The van der Waals surface area contributed by atoms with Crippen LogP contribution in [-0.2, 0) is 32.0 Å². The molecule has 1 unspecified atom stereocenters. The lowest BCUT2D eigenvalue weighted by molar-refractivity contribution is -0.150. The predicted octanol–water partition coefficient (Wildman–Crippen LogP) is 2.22. The van der Waals surface area contributed by atoms with Crippen molar-refractivity contribution in [2.45, 2.75) is 75.5 Å². The van der Waals surface area contributed by atoms with Crippen molar-refractivity contribution in [3.8, 4) is 0 Å². The topological polar surface area (TPSA) is 98.8 Å². The Balaban J connectivity index is 1.48. The van der Waals surface area contributed by atoms with Crippen molar-refractivity contribution in [2.24, 2.45) is 0 Å². The van der Waals surface area contributed by atoms with E-state index in [1.54, 1.807) is 9.80 Å². The number of hydrogen-bond acceptors (Lipinski definition) is 4. The number of rotatable bonds is 4. The number of amides is 4. The van der Waals surface area contributed by atoms with Crippen molar-refractivity contribution in [1.82, 2.24) is 20.4 Å². The van der Waals surface area contributed by atoms with Gasteiger partial charge < -0.3 is 20.4 Å². The van der Waals surface area contributed by atoms with Gasteiger partial charge in [0.25, 0.3) is 0 Å². The second-order valence-corrected chi connectivity index (χ2v) is 10.6. The fraction of sp³-hybridized carbons (Fsp3) is 0.467. The molecule has 4 amide bonds. The lowest BCUT2D eigenvalue weighted by Gasteiger charge is -2.38. The first-order valence-electron chi connectivity index (χ1n) is 13.8. The predicted molar refractivity (Wildman–Crippen MR) is 143 cm³/mol. The number of fused-ring (bicyclic) bond motifs is 2. The molecule has 8 heteroatoms. The van der Waals surface area contributed by atoms with Gasteiger partial charge in [0.1, 0.15) is 18.1 Å². The molecular weight excluding hydrogens is 480 g/mol. The van der Waals surface area contributed by atoms with Crippen LogP contribution in [0.25, 0.3) is 0 Å². The monoisotopic (exact) mass is 516 g/mol. The van der Waals surface area contributed by atoms with Crippen molar-refractivity contribution in [3.63, 3.8) is 0 Å². The molecule has 0 radical (unpaired) electrons. The number of nitrogens with zero attached hydrogens (tertiary/aromatic N) is 2. The molecule has 8 nitrogen and oxygen atoms in total. The first kappa shape index (κ1) is 25.9. The molecule has 0 bridgehead atoms. The summed E-state index contributed by atoms with van der Waals surface area (Å²) in [5.74, 6) is -0.894. The molecule has 0 saturated carbocycles. The molecule has 4 atom stereocenters. The summed E-state index contributed by atoms with van der Waals surface area (Å²) in [6.45, 7) is 0.973. The van der Waals surface area contributed by atoms with Crippen LogP contribution in [0, 0.1) is 0 Å². The Morgan fingerprint density at radius 3 is 1.97 bits per heavy atom. The maximum atomic E-state index is 13.9. The van der Waals surface area contributed by atoms with Gasteiger partial charge in [-0.1, -0.05) is 60.7 Å². The lowest BCUT2D eigenvalue weighted by atomic mass is 9.98. The van der Waals surface area contributed by atoms with Crippen molar-refractivity contribution in [3.05, 3.63) is 71.8 Å². The summed E-state index contributed by atoms with van der Waals surface area (Å²) < 4.78 is 0. The van der Waals surface area contributed by atoms with Crippen LogP contribution in [0.5, 0.6) is 0 Å². The van der Waals surface area contributed by atoms with Crippen LogP contribution >= 0.6 is 0 Å². The minimum absolute atomic E-state index is 0.0449. The molecule has 2 N–H and O–H groups in total. The molecule has 3 heterocycles. The minimum atomic E-state index is -0.788. The number of hydrogen-bond donors (Lipinski definition) is 2. The molecule has 3 fully saturated rings. The maximum Gasteiger partial charge on any atom is 0.246 e. The minimum Gasteiger partial charge on any atom is -0.351 e. The van der Waals surface area contributed by atoms with Crippen LogP contribution in [0.2, 0.25) is 0 Å². The van der Waals surface area contributed by atoms with E-state index in [0.29, 0.717) is 38.8 Å². The highest BCUT2D eigenvalue weighted by Gasteiger charge is 2.43. The average Bonchev–Trinajstić information content (AvgIpc) is 3.42. The largest absolute Gasteiger partial charge is 0.351 e. The van der Waals surface area contributed by atoms with E-state index in [9.17, 15) is 19.2 Å². The fourth-order valence-electron chi connectivity index (χ4n) is 6.04. The maximum absolute atomic E-state index is 13.9. The zero-order valence-corrected chi connectivity index (χ0v) is 21.7. The van der Waals surface area contributed by atoms with Gasteiger partial charge in [0.2, 0.25) is 23.6 Å². The van der Waals surface area contributed by atoms with Gasteiger partial charge in [-0.3, -0.25) is 19.2 Å². The quantitative estimate of drug-likeness (QED) is 0.651. The molecule has 38 heavy (non-hydrogen) atoms. The Bertz CT molecular complexity index is 1160. The van der Waals surface area contributed by atoms with Gasteiger partial charge in [0.15, 0.2) is 0 Å². The van der Waals surface area contributed by atoms with Crippen molar-refractivity contribution in [1.29, 1.82) is 0 Å². The second-order valence-electron chi connectivity index (χ2n) is 10.6. The zero-order chi connectivity index (χ0) is 26.5. The van der Waals surface area contributed by atoms with Gasteiger partial charge >= 0.3 is 0 Å². The van der Waals surface area contributed by atoms with Gasteiger partial charge in [-0.2, -0.15) is 0 Å². The highest BCUT2D eigenvalue weighted by Crippen LogP contribution is 2.26. The summed E-state index contributed by atoms with van der Waals surface area (Å²) in [6.07, 6.45) is 4.43. The van der Waals surface area contributed by atoms with Gasteiger partial charge in [-0.05, 0) is 49.7 Å². The van der Waals surface area contributed by atoms with Crippen LogP contribution in [0.4, 0.5) is 0 Å². The van der Waals surface area contributed by atoms with E-state index >= 15 is 0 Å². The third-order valence-corrected chi connectivity index (χ3v) is 7.93. The van der Waals surface area contributed by atoms with Crippen LogP contribution in [0.15, 0.2) is 60.7 Å². The van der Waals surface area contributed by atoms with E-state index < -0.39 is 24.2 Å². The third kappa shape index (κ3) is 5.90. The molecule has 2 aromatic rings. The Labute approximate surface area is 223 Å². The summed E-state index contributed by atoms with van der Waals surface area (Å²) in [5.41, 5.74) is 1.94. The van der Waals surface area contributed by atoms with E-state index in [4.69, 9.17) is 0 Å². The smallest absolute Gasteiger partial charge is 0.246 e. The SMILES string of the molecule is O=C1CC(Cc2ccccc2)NC(=O)[C@@H]2CCCCN2C(=O)[C@@H]2CCCN2C(=O)[C@H](Cc2ccccc2)N1. The van der Waals surface area contributed by atoms with Crippen LogP contribution < -0.4 is 10.6 Å². The average molecular weight is 517 g/mol. The molecule has 2 aromatic carbocycles. The van der Waals surface area contributed by atoms with Crippen molar-refractivity contribution < 1.29 is 19.2 Å². The van der Waals surface area contributed by atoms with Crippen molar-refractivity contribution in [2.75, 3.05) is 13.1 Å². The van der Waals surface area contributed by atoms with Gasteiger partial charge in [-0.15, -0.1) is 0 Å². The first-order chi connectivity index (χ1) is 18.5. The molecule has 3 aliphatic heterocycles. The number of benzene rings is 2. The van der Waals surface area contributed by atoms with E-state index in [0.717, 1.165) is 30.4 Å². The van der Waals surface area contributed by atoms with E-state index in [1.807, 2.05) is 60.7 Å². The second kappa shape index (κ2) is 11.8. The number of carbonyl (C=O) groups is 4. The van der Waals surface area contributed by atoms with E-state index in [1.165, 1.54) is 0 Å². The number of nitrogens with one attached hydrogen (secondary N) is 2. The summed E-state index contributed by atoms with van der Waals surface area (Å²) in [6, 6.07) is 16.9. The standard InChI is InChI=1S/C30H36N4O4/c35-27-20-23(18-21-10-3-1-4-11-21)31-28(36)25-14-7-8-16-33(25)30(38)26-15-9-17-34(26)29(37)24(32-27)19-22-12-5-2-6-13-22/h1-6,10-13,23-26H,7-9,14-20H2,(H,31,36)(H,32,35)/t23?,24-,25-,26-/m0/s1. The Morgan fingerprint density at radius 1 is 0.658 bits per heavy atom. The molecule has 5 rings (SSSR count). The normalized spacial score (nSPS) is 26.8. The fourth-order valence-corrected chi connectivity index (χ4v) is 6.04. The van der Waals surface area contributed by atoms with E-state index in [-0.39, 0.29) is 30.0 Å². The highest BCUT2D eigenvalue weighted by atomic mass is 16.2.